The molecule has 0 radical (unpaired) electrons. The van der Waals surface area contributed by atoms with Gasteiger partial charge >= 0.3 is 0 Å². The summed E-state index contributed by atoms with van der Waals surface area (Å²) in [4.78, 5) is 11.5. The topological polar surface area (TPSA) is 68.2 Å². The Bertz CT molecular complexity index is 354. The second-order valence-corrected chi connectivity index (χ2v) is 3.51. The predicted octanol–water partition coefficient (Wildman–Crippen LogP) is 0.325. The second-order valence-electron chi connectivity index (χ2n) is 3.51. The summed E-state index contributed by atoms with van der Waals surface area (Å²) < 4.78 is 6.50. The molecule has 7 heteroatoms. The molecule has 17 heavy (non-hydrogen) atoms. The lowest BCUT2D eigenvalue weighted by molar-refractivity contribution is -0.115. The first kappa shape index (κ1) is 15.9. The van der Waals surface area contributed by atoms with Crippen molar-refractivity contribution in [2.24, 2.45) is 7.05 Å². The van der Waals surface area contributed by atoms with Crippen LogP contribution in [0.4, 0.5) is 5.82 Å². The van der Waals surface area contributed by atoms with E-state index < -0.39 is 0 Å². The molecule has 1 rings (SSSR count). The van der Waals surface area contributed by atoms with Crippen molar-refractivity contribution in [3.05, 3.63) is 11.8 Å². The van der Waals surface area contributed by atoms with Crippen molar-refractivity contribution in [3.8, 4) is 0 Å². The van der Waals surface area contributed by atoms with Gasteiger partial charge in [0.1, 0.15) is 5.82 Å². The standard InChI is InChI=1S/C10H18N4O2.ClH/c1-8-6-9(14(2)13-8)12-10(15)7-11-4-5-16-3;/h6,11H,4-5,7H2,1-3H3,(H,12,15);1H. The summed E-state index contributed by atoms with van der Waals surface area (Å²) in [7, 11) is 3.42. The lowest BCUT2D eigenvalue weighted by atomic mass is 10.4. The Labute approximate surface area is 107 Å². The summed E-state index contributed by atoms with van der Waals surface area (Å²) >= 11 is 0. The Morgan fingerprint density at radius 3 is 2.82 bits per heavy atom. The van der Waals surface area contributed by atoms with Crippen molar-refractivity contribution < 1.29 is 9.53 Å². The van der Waals surface area contributed by atoms with Crippen molar-refractivity contribution in [2.75, 3.05) is 32.1 Å². The van der Waals surface area contributed by atoms with E-state index in [1.165, 1.54) is 0 Å². The second kappa shape index (κ2) is 8.05. The fraction of sp³-hybridized carbons (Fsp3) is 0.600. The number of nitrogens with one attached hydrogen (secondary N) is 2. The number of ether oxygens (including phenoxy) is 1. The number of amides is 1. The Kier molecular flexibility index (Phi) is 7.53. The summed E-state index contributed by atoms with van der Waals surface area (Å²) in [5.74, 6) is 0.621. The van der Waals surface area contributed by atoms with Crippen LogP contribution in [0.2, 0.25) is 0 Å². The van der Waals surface area contributed by atoms with Crippen molar-refractivity contribution in [1.82, 2.24) is 15.1 Å². The van der Waals surface area contributed by atoms with Gasteiger partial charge in [0, 0.05) is 26.8 Å². The van der Waals surface area contributed by atoms with E-state index in [0.29, 0.717) is 19.0 Å². The fourth-order valence-corrected chi connectivity index (χ4v) is 1.29. The number of aromatic nitrogens is 2. The molecule has 0 aromatic carbocycles. The number of rotatable bonds is 6. The first-order chi connectivity index (χ1) is 7.63. The molecule has 0 unspecified atom stereocenters. The van der Waals surface area contributed by atoms with Crippen LogP contribution in [-0.4, -0.2) is 42.5 Å². The molecular formula is C10H19ClN4O2. The van der Waals surface area contributed by atoms with E-state index in [9.17, 15) is 4.79 Å². The molecule has 0 spiro atoms. The molecule has 1 heterocycles. The van der Waals surface area contributed by atoms with Crippen LogP contribution in [0.1, 0.15) is 5.69 Å². The van der Waals surface area contributed by atoms with E-state index in [4.69, 9.17) is 4.74 Å². The van der Waals surface area contributed by atoms with Crippen molar-refractivity contribution in [2.45, 2.75) is 6.92 Å². The summed E-state index contributed by atoms with van der Waals surface area (Å²) in [5, 5.41) is 9.87. The molecule has 0 saturated carbocycles. The third kappa shape index (κ3) is 5.67. The highest BCUT2D eigenvalue weighted by Gasteiger charge is 2.05. The highest BCUT2D eigenvalue weighted by Crippen LogP contribution is 2.06. The highest BCUT2D eigenvalue weighted by molar-refractivity contribution is 5.91. The maximum Gasteiger partial charge on any atom is 0.239 e. The number of anilines is 1. The average Bonchev–Trinajstić information content (AvgIpc) is 2.52. The van der Waals surface area contributed by atoms with Gasteiger partial charge in [-0.15, -0.1) is 12.4 Å². The molecule has 6 nitrogen and oxygen atoms in total. The number of hydrogen-bond donors (Lipinski definition) is 2. The van der Waals surface area contributed by atoms with Crippen LogP contribution >= 0.6 is 12.4 Å². The third-order valence-electron chi connectivity index (χ3n) is 2.04. The molecule has 0 atom stereocenters. The average molecular weight is 263 g/mol. The van der Waals surface area contributed by atoms with Crippen LogP contribution in [0.5, 0.6) is 0 Å². The van der Waals surface area contributed by atoms with Gasteiger partial charge in [-0.3, -0.25) is 9.48 Å². The Hall–Kier alpha value is -1.11. The Balaban J connectivity index is 0.00000256. The van der Waals surface area contributed by atoms with E-state index in [-0.39, 0.29) is 24.9 Å². The maximum atomic E-state index is 11.5. The predicted molar refractivity (Wildman–Crippen MR) is 68.6 cm³/mol. The number of hydrogen-bond acceptors (Lipinski definition) is 4. The van der Waals surface area contributed by atoms with Gasteiger partial charge in [-0.1, -0.05) is 0 Å². The van der Waals surface area contributed by atoms with Gasteiger partial charge in [0.25, 0.3) is 0 Å². The summed E-state index contributed by atoms with van der Waals surface area (Å²) in [6.07, 6.45) is 0. The number of methoxy groups -OCH3 is 1. The fourth-order valence-electron chi connectivity index (χ4n) is 1.29. The zero-order valence-electron chi connectivity index (χ0n) is 10.3. The molecule has 0 aliphatic rings. The van der Waals surface area contributed by atoms with Crippen LogP contribution in [0.25, 0.3) is 0 Å². The molecule has 0 fully saturated rings. The molecule has 0 saturated heterocycles. The molecule has 0 aliphatic heterocycles. The van der Waals surface area contributed by atoms with Crippen LogP contribution in [0.3, 0.4) is 0 Å². The zero-order valence-corrected chi connectivity index (χ0v) is 11.1. The van der Waals surface area contributed by atoms with Gasteiger partial charge < -0.3 is 15.4 Å². The number of carbonyl (C=O) groups is 1. The van der Waals surface area contributed by atoms with Gasteiger partial charge in [0.15, 0.2) is 0 Å². The largest absolute Gasteiger partial charge is 0.383 e. The van der Waals surface area contributed by atoms with Crippen LogP contribution in [-0.2, 0) is 16.6 Å². The molecule has 0 aliphatic carbocycles. The number of carbonyl (C=O) groups excluding carboxylic acids is 1. The van der Waals surface area contributed by atoms with Gasteiger partial charge in [0.2, 0.25) is 5.91 Å². The van der Waals surface area contributed by atoms with Gasteiger partial charge in [-0.25, -0.2) is 0 Å². The monoisotopic (exact) mass is 262 g/mol. The van der Waals surface area contributed by atoms with Crippen LogP contribution in [0.15, 0.2) is 6.07 Å². The van der Waals surface area contributed by atoms with Gasteiger partial charge in [-0.05, 0) is 6.92 Å². The van der Waals surface area contributed by atoms with Crippen LogP contribution in [0, 0.1) is 6.92 Å². The third-order valence-corrected chi connectivity index (χ3v) is 2.04. The first-order valence-electron chi connectivity index (χ1n) is 5.13. The van der Waals surface area contributed by atoms with E-state index in [1.54, 1.807) is 18.8 Å². The van der Waals surface area contributed by atoms with E-state index in [2.05, 4.69) is 15.7 Å². The van der Waals surface area contributed by atoms with Crippen LogP contribution < -0.4 is 10.6 Å². The van der Waals surface area contributed by atoms with Crippen molar-refractivity contribution in [1.29, 1.82) is 0 Å². The SMILES string of the molecule is COCCNCC(=O)Nc1cc(C)nn1C.Cl. The summed E-state index contributed by atoms with van der Waals surface area (Å²) in [6.45, 7) is 3.41. The van der Waals surface area contributed by atoms with Crippen molar-refractivity contribution >= 4 is 24.1 Å². The van der Waals surface area contributed by atoms with Gasteiger partial charge in [-0.2, -0.15) is 5.10 Å². The first-order valence-corrected chi connectivity index (χ1v) is 5.13. The molecule has 98 valence electrons. The smallest absolute Gasteiger partial charge is 0.239 e. The minimum atomic E-state index is -0.0842. The molecule has 0 bridgehead atoms. The van der Waals surface area contributed by atoms with E-state index in [1.807, 2.05) is 13.0 Å². The number of nitrogens with zero attached hydrogens (tertiary/aromatic N) is 2. The van der Waals surface area contributed by atoms with Crippen molar-refractivity contribution in [3.63, 3.8) is 0 Å². The minimum absolute atomic E-state index is 0. The number of halogens is 1. The normalized spacial score (nSPS) is 9.82. The highest BCUT2D eigenvalue weighted by atomic mass is 35.5. The molecule has 1 aromatic rings. The number of aryl methyl sites for hydroxylation is 2. The lowest BCUT2D eigenvalue weighted by Gasteiger charge is -2.06. The Morgan fingerprint density at radius 2 is 2.29 bits per heavy atom. The Morgan fingerprint density at radius 1 is 1.59 bits per heavy atom. The minimum Gasteiger partial charge on any atom is -0.383 e. The van der Waals surface area contributed by atoms with E-state index in [0.717, 1.165) is 5.69 Å². The van der Waals surface area contributed by atoms with Gasteiger partial charge in [0.05, 0.1) is 18.8 Å². The summed E-state index contributed by atoms with van der Waals surface area (Å²) in [6, 6.07) is 1.83. The van der Waals surface area contributed by atoms with E-state index >= 15 is 0 Å². The molecule has 1 aromatic heterocycles. The molecule has 2 N–H and O–H groups in total. The summed E-state index contributed by atoms with van der Waals surface area (Å²) in [5.41, 5.74) is 0.880. The quantitative estimate of drug-likeness (QED) is 0.725. The zero-order chi connectivity index (χ0) is 12.0. The molecule has 1 amide bonds. The maximum absolute atomic E-state index is 11.5. The lowest BCUT2D eigenvalue weighted by Crippen LogP contribution is -2.30. The molecular weight excluding hydrogens is 244 g/mol.